The lowest BCUT2D eigenvalue weighted by atomic mass is 10.0. The van der Waals surface area contributed by atoms with Crippen LogP contribution in [0.15, 0.2) is 43.0 Å². The average molecular weight is 673 g/mol. The van der Waals surface area contributed by atoms with Crippen LogP contribution in [-0.4, -0.2) is 113 Å². The second-order valence-electron chi connectivity index (χ2n) is 10.9. The van der Waals surface area contributed by atoms with E-state index in [-0.39, 0.29) is 12.8 Å². The lowest BCUT2D eigenvalue weighted by Crippen LogP contribution is -2.61. The molecule has 3 rings (SSSR count). The summed E-state index contributed by atoms with van der Waals surface area (Å²) in [6.45, 7) is 1.21. The van der Waals surface area contributed by atoms with E-state index in [1.54, 1.807) is 30.5 Å². The van der Waals surface area contributed by atoms with Gasteiger partial charge in [-0.05, 0) is 18.6 Å². The Bertz CT molecular complexity index is 1640. The minimum atomic E-state index is -1.94. The molecule has 0 radical (unpaired) electrons. The molecule has 0 unspecified atom stereocenters. The zero-order valence-electron chi connectivity index (χ0n) is 25.5. The molecule has 0 spiro atoms. The van der Waals surface area contributed by atoms with E-state index in [1.165, 1.54) is 19.4 Å². The zero-order chi connectivity index (χ0) is 35.5. The van der Waals surface area contributed by atoms with Crippen LogP contribution in [0.25, 0.3) is 10.9 Å². The van der Waals surface area contributed by atoms with E-state index in [0.29, 0.717) is 22.2 Å². The number of nitrogens with zero attached hydrogens (tertiary/aromatic N) is 1. The van der Waals surface area contributed by atoms with Crippen molar-refractivity contribution in [3.63, 3.8) is 0 Å². The fraction of sp³-hybridized carbons (Fsp3) is 0.379. The smallest absolute Gasteiger partial charge is 0.326 e. The standard InChI is InChI=1S/C29H36N8O11/c1-13(38)24(37-25(43)17(30)7-15-11-31-12-33-15)28(46)35-19(6-14-10-32-18-5-3-2-4-16(14)18)26(44)34-20(8-22(39)40)27(45)36-21(29(47)48)9-23(41)42/h2-5,10-13,17,19-21,24,32,38H,6-9,30H2,1H3,(H,31,33)(H,34,44)(H,35,46)(H,36,45)(H,37,43)(H,39,40)(H,41,42)(H,47,48)/t13-,17+,19+,20+,21+,24+/m1/s1. The van der Waals surface area contributed by atoms with Gasteiger partial charge >= 0.3 is 17.9 Å². The average Bonchev–Trinajstić information content (AvgIpc) is 3.67. The van der Waals surface area contributed by atoms with Gasteiger partial charge in [0.1, 0.15) is 24.2 Å². The zero-order valence-corrected chi connectivity index (χ0v) is 25.5. The van der Waals surface area contributed by atoms with Gasteiger partial charge in [-0.15, -0.1) is 0 Å². The first-order chi connectivity index (χ1) is 22.7. The Kier molecular flexibility index (Phi) is 12.7. The van der Waals surface area contributed by atoms with Crippen molar-refractivity contribution in [1.29, 1.82) is 0 Å². The van der Waals surface area contributed by atoms with Gasteiger partial charge in [-0.2, -0.15) is 0 Å². The molecule has 4 amide bonds. The van der Waals surface area contributed by atoms with Crippen LogP contribution in [0.5, 0.6) is 0 Å². The number of rotatable bonds is 18. The Morgan fingerprint density at radius 3 is 2.00 bits per heavy atom. The number of carboxylic acid groups (broad SMARTS) is 3. The highest BCUT2D eigenvalue weighted by atomic mass is 16.4. The fourth-order valence-corrected chi connectivity index (χ4v) is 4.69. The molecule has 3 aromatic rings. The number of aromatic amines is 2. The number of hydrogen-bond donors (Lipinski definition) is 11. The van der Waals surface area contributed by atoms with Crippen LogP contribution in [0.2, 0.25) is 0 Å². The van der Waals surface area contributed by atoms with E-state index >= 15 is 0 Å². The Balaban J connectivity index is 1.87. The van der Waals surface area contributed by atoms with E-state index < -0.39 is 90.7 Å². The van der Waals surface area contributed by atoms with Crippen LogP contribution < -0.4 is 27.0 Å². The van der Waals surface area contributed by atoms with Crippen molar-refractivity contribution in [2.24, 2.45) is 5.73 Å². The molecular formula is C29H36N8O11. The van der Waals surface area contributed by atoms with Gasteiger partial charge in [-0.25, -0.2) is 9.78 Å². The summed E-state index contributed by atoms with van der Waals surface area (Å²) in [7, 11) is 0. The molecule has 258 valence electrons. The summed E-state index contributed by atoms with van der Waals surface area (Å²) in [6, 6.07) is -1.21. The van der Waals surface area contributed by atoms with Gasteiger partial charge in [0, 0.05) is 41.8 Å². The van der Waals surface area contributed by atoms with Gasteiger partial charge in [-0.3, -0.25) is 28.8 Å². The summed E-state index contributed by atoms with van der Waals surface area (Å²) >= 11 is 0. The number of hydrogen-bond acceptors (Lipinski definition) is 10. The molecule has 19 heteroatoms. The van der Waals surface area contributed by atoms with Crippen LogP contribution in [-0.2, 0) is 46.4 Å². The lowest BCUT2D eigenvalue weighted by molar-refractivity contribution is -0.148. The molecule has 0 aliphatic heterocycles. The number of aromatic nitrogens is 3. The molecule has 0 fully saturated rings. The summed E-state index contributed by atoms with van der Waals surface area (Å²) in [4.78, 5) is 96.5. The van der Waals surface area contributed by atoms with Crippen molar-refractivity contribution in [3.8, 4) is 0 Å². The van der Waals surface area contributed by atoms with Crippen LogP contribution in [0, 0.1) is 0 Å². The Hall–Kier alpha value is -5.82. The van der Waals surface area contributed by atoms with Crippen molar-refractivity contribution < 1.29 is 54.0 Å². The molecular weight excluding hydrogens is 636 g/mol. The molecule has 2 heterocycles. The largest absolute Gasteiger partial charge is 0.481 e. The number of aliphatic hydroxyl groups excluding tert-OH is 1. The molecule has 2 aromatic heterocycles. The Labute approximate surface area is 271 Å². The van der Waals surface area contributed by atoms with E-state index in [1.807, 2.05) is 5.32 Å². The topological polar surface area (TPSA) is 319 Å². The number of fused-ring (bicyclic) bond motifs is 1. The van der Waals surface area contributed by atoms with Gasteiger partial charge in [0.25, 0.3) is 0 Å². The minimum absolute atomic E-state index is 0.0216. The number of nitrogens with one attached hydrogen (secondary N) is 6. The highest BCUT2D eigenvalue weighted by Crippen LogP contribution is 2.19. The predicted molar refractivity (Wildman–Crippen MR) is 164 cm³/mol. The molecule has 19 nitrogen and oxygen atoms in total. The van der Waals surface area contributed by atoms with Gasteiger partial charge in [0.05, 0.1) is 31.3 Å². The molecule has 48 heavy (non-hydrogen) atoms. The number of carbonyl (C=O) groups excluding carboxylic acids is 4. The third-order valence-corrected chi connectivity index (χ3v) is 7.13. The fourth-order valence-electron chi connectivity index (χ4n) is 4.69. The van der Waals surface area contributed by atoms with Crippen LogP contribution in [0.3, 0.4) is 0 Å². The van der Waals surface area contributed by atoms with E-state index in [0.717, 1.165) is 0 Å². The van der Waals surface area contributed by atoms with Gasteiger partial charge < -0.3 is 57.4 Å². The maximum Gasteiger partial charge on any atom is 0.326 e. The summed E-state index contributed by atoms with van der Waals surface area (Å²) < 4.78 is 0. The first kappa shape index (κ1) is 36.6. The van der Waals surface area contributed by atoms with Crippen LogP contribution in [0.1, 0.15) is 31.0 Å². The van der Waals surface area contributed by atoms with Gasteiger partial charge in [-0.1, -0.05) is 18.2 Å². The molecule has 1 aromatic carbocycles. The maximum atomic E-state index is 13.6. The Morgan fingerprint density at radius 1 is 0.792 bits per heavy atom. The SMILES string of the molecule is C[C@@H](O)[C@H](NC(=O)[C@@H](N)Cc1cnc[nH]1)C(=O)N[C@@H](Cc1c[nH]c2ccccc12)C(=O)N[C@@H](CC(=O)O)C(=O)N[C@@H](CC(=O)O)C(=O)O. The first-order valence-corrected chi connectivity index (χ1v) is 14.5. The quantitative estimate of drug-likeness (QED) is 0.0659. The molecule has 12 N–H and O–H groups in total. The number of benzene rings is 1. The number of carboxylic acids is 3. The number of aliphatic carboxylic acids is 3. The molecule has 6 atom stereocenters. The maximum absolute atomic E-state index is 13.6. The number of amides is 4. The molecule has 0 saturated heterocycles. The predicted octanol–water partition coefficient (Wildman–Crippen LogP) is -2.64. The van der Waals surface area contributed by atoms with E-state index in [9.17, 15) is 48.9 Å². The third kappa shape index (κ3) is 10.4. The number of H-pyrrole nitrogens is 2. The number of aliphatic hydroxyl groups is 1. The number of nitrogens with two attached hydrogens (primary N) is 1. The summed E-state index contributed by atoms with van der Waals surface area (Å²) in [5.41, 5.74) is 7.68. The summed E-state index contributed by atoms with van der Waals surface area (Å²) in [6.07, 6.45) is 0.620. The highest BCUT2D eigenvalue weighted by Gasteiger charge is 2.35. The van der Waals surface area contributed by atoms with E-state index in [2.05, 4.69) is 30.9 Å². The number of carbonyl (C=O) groups is 7. The van der Waals surface area contributed by atoms with Crippen molar-refractivity contribution in [2.75, 3.05) is 0 Å². The molecule has 0 aliphatic carbocycles. The van der Waals surface area contributed by atoms with Crippen LogP contribution in [0.4, 0.5) is 0 Å². The minimum Gasteiger partial charge on any atom is -0.481 e. The third-order valence-electron chi connectivity index (χ3n) is 7.13. The molecule has 0 saturated carbocycles. The van der Waals surface area contributed by atoms with E-state index in [4.69, 9.17) is 10.8 Å². The highest BCUT2D eigenvalue weighted by molar-refractivity contribution is 5.97. The lowest BCUT2D eigenvalue weighted by Gasteiger charge is -2.27. The second-order valence-corrected chi connectivity index (χ2v) is 10.9. The van der Waals surface area contributed by atoms with Crippen molar-refractivity contribution in [3.05, 3.63) is 54.2 Å². The summed E-state index contributed by atoms with van der Waals surface area (Å²) in [5.74, 6) is -9.09. The normalized spacial score (nSPS) is 14.8. The number of imidazole rings is 1. The molecule has 0 aliphatic rings. The van der Waals surface area contributed by atoms with Gasteiger partial charge in [0.15, 0.2) is 0 Å². The van der Waals surface area contributed by atoms with Crippen molar-refractivity contribution in [1.82, 2.24) is 36.2 Å². The van der Waals surface area contributed by atoms with Gasteiger partial charge in [0.2, 0.25) is 23.6 Å². The van der Waals surface area contributed by atoms with Crippen molar-refractivity contribution in [2.45, 2.75) is 68.9 Å². The first-order valence-electron chi connectivity index (χ1n) is 14.5. The van der Waals surface area contributed by atoms with Crippen molar-refractivity contribution >= 4 is 52.4 Å². The molecule has 0 bridgehead atoms. The summed E-state index contributed by atoms with van der Waals surface area (Å²) in [5, 5.41) is 47.6. The van der Waals surface area contributed by atoms with Crippen LogP contribution >= 0.6 is 0 Å². The second kappa shape index (κ2) is 16.7. The number of para-hydroxylation sites is 1. The monoisotopic (exact) mass is 672 g/mol. The Morgan fingerprint density at radius 2 is 1.40 bits per heavy atom.